The molecule has 0 spiro atoms. The van der Waals surface area contributed by atoms with E-state index in [4.69, 9.17) is 4.42 Å². The topological polar surface area (TPSA) is 31.0 Å². The van der Waals surface area contributed by atoms with Crippen molar-refractivity contribution in [3.63, 3.8) is 0 Å². The van der Waals surface area contributed by atoms with Crippen molar-refractivity contribution in [3.05, 3.63) is 121 Å². The average molecular weight is 437 g/mol. The molecule has 160 valence electrons. The number of pyridine rings is 1. The number of hydrogen-bond donors (Lipinski definition) is 0. The van der Waals surface area contributed by atoms with Gasteiger partial charge in [0.25, 0.3) is 0 Å². The Morgan fingerprint density at radius 2 is 1.44 bits per heavy atom. The summed E-state index contributed by atoms with van der Waals surface area (Å²) in [7, 11) is 0. The molecule has 0 unspecified atom stereocenters. The molecule has 3 aromatic heterocycles. The highest BCUT2D eigenvalue weighted by Gasteiger charge is 2.18. The fourth-order valence-electron chi connectivity index (χ4n) is 4.91. The van der Waals surface area contributed by atoms with E-state index in [1.54, 1.807) is 0 Å². The molecule has 0 saturated carbocycles. The first-order chi connectivity index (χ1) is 16.9. The van der Waals surface area contributed by atoms with Gasteiger partial charge < -0.3 is 8.98 Å². The van der Waals surface area contributed by atoms with Crippen LogP contribution in [0, 0.1) is 0 Å². The van der Waals surface area contributed by atoms with Gasteiger partial charge in [-0.1, -0.05) is 66.7 Å². The Kier molecular flexibility index (Phi) is 4.15. The van der Waals surface area contributed by atoms with Crippen LogP contribution in [0.1, 0.15) is 0 Å². The number of aromatic nitrogens is 2. The van der Waals surface area contributed by atoms with E-state index in [-0.39, 0.29) is 0 Å². The Labute approximate surface area is 196 Å². The molecular formula is C31H20N2O. The summed E-state index contributed by atoms with van der Waals surface area (Å²) in [6.07, 6.45) is 1.83. The van der Waals surface area contributed by atoms with Crippen LogP contribution in [0.5, 0.6) is 0 Å². The number of hydrogen-bond acceptors (Lipinski definition) is 2. The number of nitrogens with zero attached hydrogens (tertiary/aromatic N) is 2. The van der Waals surface area contributed by atoms with Crippen molar-refractivity contribution in [3.8, 4) is 28.3 Å². The molecule has 0 saturated heterocycles. The van der Waals surface area contributed by atoms with Crippen molar-refractivity contribution in [1.82, 2.24) is 9.55 Å². The van der Waals surface area contributed by atoms with Crippen LogP contribution in [0.2, 0.25) is 0 Å². The van der Waals surface area contributed by atoms with Gasteiger partial charge in [-0.05, 0) is 48.5 Å². The molecular weight excluding hydrogens is 416 g/mol. The lowest BCUT2D eigenvalue weighted by atomic mass is 10.1. The van der Waals surface area contributed by atoms with E-state index in [9.17, 15) is 0 Å². The maximum Gasteiger partial charge on any atom is 0.144 e. The molecule has 7 rings (SSSR count). The predicted molar refractivity (Wildman–Crippen MR) is 139 cm³/mol. The van der Waals surface area contributed by atoms with E-state index < -0.39 is 0 Å². The van der Waals surface area contributed by atoms with E-state index in [1.807, 2.05) is 42.6 Å². The smallest absolute Gasteiger partial charge is 0.144 e. The van der Waals surface area contributed by atoms with Crippen LogP contribution in [0.3, 0.4) is 0 Å². The molecule has 0 radical (unpaired) electrons. The third-order valence-corrected chi connectivity index (χ3v) is 6.44. The first-order valence-corrected chi connectivity index (χ1v) is 11.4. The molecule has 3 nitrogen and oxygen atoms in total. The zero-order valence-corrected chi connectivity index (χ0v) is 18.3. The molecule has 0 aliphatic rings. The van der Waals surface area contributed by atoms with Crippen LogP contribution in [0.15, 0.2) is 126 Å². The monoisotopic (exact) mass is 436 g/mol. The summed E-state index contributed by atoms with van der Waals surface area (Å²) in [6.45, 7) is 0. The first-order valence-electron chi connectivity index (χ1n) is 11.4. The third-order valence-electron chi connectivity index (χ3n) is 6.44. The normalized spacial score (nSPS) is 11.5. The average Bonchev–Trinajstić information content (AvgIpc) is 3.49. The summed E-state index contributed by atoms with van der Waals surface area (Å²) in [5, 5.41) is 3.43. The Morgan fingerprint density at radius 1 is 0.618 bits per heavy atom. The molecule has 0 fully saturated rings. The lowest BCUT2D eigenvalue weighted by Gasteiger charge is -2.10. The van der Waals surface area contributed by atoms with E-state index >= 15 is 0 Å². The van der Waals surface area contributed by atoms with Gasteiger partial charge >= 0.3 is 0 Å². The highest BCUT2D eigenvalue weighted by molar-refractivity contribution is 6.20. The zero-order chi connectivity index (χ0) is 22.5. The van der Waals surface area contributed by atoms with Crippen LogP contribution in [0.25, 0.3) is 61.0 Å². The van der Waals surface area contributed by atoms with Gasteiger partial charge in [0, 0.05) is 33.8 Å². The van der Waals surface area contributed by atoms with Crippen LogP contribution >= 0.6 is 0 Å². The van der Waals surface area contributed by atoms with Crippen molar-refractivity contribution < 1.29 is 4.42 Å². The fraction of sp³-hybridized carbons (Fsp3) is 0. The molecule has 3 heteroatoms. The Morgan fingerprint density at radius 3 is 2.32 bits per heavy atom. The van der Waals surface area contributed by atoms with Gasteiger partial charge in [0.2, 0.25) is 0 Å². The maximum atomic E-state index is 6.49. The van der Waals surface area contributed by atoms with Crippen LogP contribution in [0.4, 0.5) is 0 Å². The first kappa shape index (κ1) is 18.9. The van der Waals surface area contributed by atoms with Crippen LogP contribution in [-0.4, -0.2) is 9.55 Å². The number of para-hydroxylation sites is 1. The van der Waals surface area contributed by atoms with E-state index in [0.29, 0.717) is 0 Å². The second-order valence-corrected chi connectivity index (χ2v) is 8.47. The molecule has 7 aromatic rings. The molecule has 34 heavy (non-hydrogen) atoms. The summed E-state index contributed by atoms with van der Waals surface area (Å²) in [6, 6.07) is 39.9. The molecule has 0 aliphatic heterocycles. The fourth-order valence-corrected chi connectivity index (χ4v) is 4.91. The summed E-state index contributed by atoms with van der Waals surface area (Å²) < 4.78 is 8.82. The Bertz CT molecular complexity index is 1790. The van der Waals surface area contributed by atoms with Gasteiger partial charge in [-0.3, -0.25) is 4.98 Å². The number of rotatable bonds is 3. The van der Waals surface area contributed by atoms with Crippen molar-refractivity contribution in [2.24, 2.45) is 0 Å². The van der Waals surface area contributed by atoms with E-state index in [1.165, 1.54) is 5.39 Å². The molecule has 4 aromatic carbocycles. The van der Waals surface area contributed by atoms with Gasteiger partial charge in [-0.15, -0.1) is 0 Å². The highest BCUT2D eigenvalue weighted by atomic mass is 16.3. The standard InChI is InChI=1S/C31H20N2O/c1-2-9-21(10-3-1)29-20-23-16-17-28-30(31(23)34-29)25-13-4-5-15-27(25)33(28)24-12-8-11-22(19-24)26-14-6-7-18-32-26/h1-20H. The second kappa shape index (κ2) is 7.46. The van der Waals surface area contributed by atoms with Gasteiger partial charge in [0.05, 0.1) is 22.1 Å². The van der Waals surface area contributed by atoms with E-state index in [2.05, 4.69) is 88.4 Å². The van der Waals surface area contributed by atoms with Crippen LogP contribution in [-0.2, 0) is 0 Å². The molecule has 0 bridgehead atoms. The molecule has 0 atom stereocenters. The van der Waals surface area contributed by atoms with Crippen LogP contribution < -0.4 is 0 Å². The van der Waals surface area contributed by atoms with E-state index in [0.717, 1.165) is 55.7 Å². The summed E-state index contributed by atoms with van der Waals surface area (Å²) in [5.41, 5.74) is 7.44. The number of furan rings is 1. The summed E-state index contributed by atoms with van der Waals surface area (Å²) in [4.78, 5) is 4.54. The SMILES string of the molecule is c1ccc(-c2cc3ccc4c(c5ccccc5n4-c4cccc(-c5ccccn5)c4)c3o2)cc1. The third kappa shape index (κ3) is 2.87. The largest absolute Gasteiger partial charge is 0.455 e. The minimum Gasteiger partial charge on any atom is -0.455 e. The molecule has 0 aliphatic carbocycles. The van der Waals surface area contributed by atoms with Crippen molar-refractivity contribution in [2.45, 2.75) is 0 Å². The Balaban J connectivity index is 1.52. The van der Waals surface area contributed by atoms with Crippen molar-refractivity contribution in [1.29, 1.82) is 0 Å². The highest BCUT2D eigenvalue weighted by Crippen LogP contribution is 2.39. The van der Waals surface area contributed by atoms with Crippen molar-refractivity contribution >= 4 is 32.8 Å². The molecule has 3 heterocycles. The minimum absolute atomic E-state index is 0.886. The lowest BCUT2D eigenvalue weighted by molar-refractivity contribution is 0.635. The number of fused-ring (bicyclic) bond motifs is 5. The van der Waals surface area contributed by atoms with Gasteiger partial charge in [-0.2, -0.15) is 0 Å². The lowest BCUT2D eigenvalue weighted by Crippen LogP contribution is -1.94. The zero-order valence-electron chi connectivity index (χ0n) is 18.3. The predicted octanol–water partition coefficient (Wildman–Crippen LogP) is 8.26. The number of benzene rings is 4. The molecule has 0 amide bonds. The molecule has 0 N–H and O–H groups in total. The second-order valence-electron chi connectivity index (χ2n) is 8.47. The maximum absolute atomic E-state index is 6.49. The quantitative estimate of drug-likeness (QED) is 0.279. The van der Waals surface area contributed by atoms with Gasteiger partial charge in [-0.25, -0.2) is 0 Å². The summed E-state index contributed by atoms with van der Waals surface area (Å²) in [5.74, 6) is 0.886. The van der Waals surface area contributed by atoms with Crippen molar-refractivity contribution in [2.75, 3.05) is 0 Å². The van der Waals surface area contributed by atoms with Gasteiger partial charge in [0.1, 0.15) is 11.3 Å². The van der Waals surface area contributed by atoms with Gasteiger partial charge in [0.15, 0.2) is 0 Å². The summed E-state index contributed by atoms with van der Waals surface area (Å²) >= 11 is 0. The Hall–Kier alpha value is -4.63. The minimum atomic E-state index is 0.886.